The number of amides is 1. The Morgan fingerprint density at radius 3 is 2.53 bits per heavy atom. The first-order valence-corrected chi connectivity index (χ1v) is 11.7. The third kappa shape index (κ3) is 4.35. The fourth-order valence-electron chi connectivity index (χ4n) is 4.63. The van der Waals surface area contributed by atoms with Crippen molar-refractivity contribution in [2.45, 2.75) is 19.1 Å². The van der Waals surface area contributed by atoms with Gasteiger partial charge in [-0.3, -0.25) is 4.79 Å². The first-order chi connectivity index (χ1) is 16.6. The summed E-state index contributed by atoms with van der Waals surface area (Å²) in [6.45, 7) is 3.63. The molecule has 0 bridgehead atoms. The lowest BCUT2D eigenvalue weighted by Crippen LogP contribution is -2.44. The van der Waals surface area contributed by atoms with E-state index in [-0.39, 0.29) is 18.1 Å². The molecule has 0 fully saturated rings. The van der Waals surface area contributed by atoms with Gasteiger partial charge in [0.2, 0.25) is 0 Å². The molecule has 5 nitrogen and oxygen atoms in total. The van der Waals surface area contributed by atoms with Crippen LogP contribution in [0, 0.1) is 0 Å². The number of benzene rings is 4. The van der Waals surface area contributed by atoms with Crippen LogP contribution in [0.5, 0.6) is 5.75 Å². The molecule has 5 rings (SSSR count). The maximum absolute atomic E-state index is 11.9. The summed E-state index contributed by atoms with van der Waals surface area (Å²) in [6.07, 6.45) is -0.0223. The van der Waals surface area contributed by atoms with Crippen molar-refractivity contribution in [3.05, 3.63) is 102 Å². The molecule has 1 aliphatic rings. The summed E-state index contributed by atoms with van der Waals surface area (Å²) < 4.78 is 6.37. The topological polar surface area (TPSA) is 53.6 Å². The van der Waals surface area contributed by atoms with Gasteiger partial charge in [-0.1, -0.05) is 54.6 Å². The monoisotopic (exact) mass is 451 g/mol. The number of hydrogen-bond donors (Lipinski definition) is 2. The maximum Gasteiger partial charge on any atom is 0.251 e. The second-order valence-corrected chi connectivity index (χ2v) is 8.64. The molecule has 0 aliphatic carbocycles. The predicted molar refractivity (Wildman–Crippen MR) is 138 cm³/mol. The lowest BCUT2D eigenvalue weighted by molar-refractivity contribution is 0.0963. The van der Waals surface area contributed by atoms with Gasteiger partial charge in [-0.05, 0) is 59.7 Å². The minimum Gasteiger partial charge on any atom is -0.485 e. The molecular weight excluding hydrogens is 422 g/mol. The van der Waals surface area contributed by atoms with Gasteiger partial charge in [0.05, 0.1) is 12.2 Å². The zero-order chi connectivity index (χ0) is 23.5. The Morgan fingerprint density at radius 1 is 0.971 bits per heavy atom. The fraction of sp³-hybridized carbons (Fsp3) is 0.207. The second kappa shape index (κ2) is 9.57. The standard InChI is InChI=1S/C29H29N3O2/c1-20(25-11-7-9-21-8-3-4-10-26(21)25)31-18-24-19-32(27-12-5-6-13-28(27)34-24)23-16-14-22(15-17-23)29(33)30-2/h3-17,20,24,31H,18-19H2,1-2H3,(H,30,33)/t20-,24?/m1/s1. The highest BCUT2D eigenvalue weighted by Crippen LogP contribution is 2.38. The van der Waals surface area contributed by atoms with Crippen LogP contribution in [0.1, 0.15) is 28.9 Å². The maximum atomic E-state index is 11.9. The van der Waals surface area contributed by atoms with Gasteiger partial charge in [-0.25, -0.2) is 0 Å². The molecule has 4 aromatic rings. The molecule has 0 radical (unpaired) electrons. The molecule has 1 unspecified atom stereocenters. The van der Waals surface area contributed by atoms with Gasteiger partial charge in [-0.2, -0.15) is 0 Å². The van der Waals surface area contributed by atoms with E-state index >= 15 is 0 Å². The van der Waals surface area contributed by atoms with Gasteiger partial charge in [0, 0.05) is 30.9 Å². The Kier molecular flexibility index (Phi) is 6.19. The number of para-hydroxylation sites is 2. The molecule has 34 heavy (non-hydrogen) atoms. The van der Waals surface area contributed by atoms with Crippen molar-refractivity contribution in [2.24, 2.45) is 0 Å². The molecule has 172 valence electrons. The van der Waals surface area contributed by atoms with Gasteiger partial charge in [0.25, 0.3) is 5.91 Å². The third-order valence-electron chi connectivity index (χ3n) is 6.45. The Balaban J connectivity index is 1.35. The van der Waals surface area contributed by atoms with E-state index in [1.807, 2.05) is 42.5 Å². The number of rotatable bonds is 6. The minimum absolute atomic E-state index is 0.0223. The smallest absolute Gasteiger partial charge is 0.251 e. The molecule has 0 spiro atoms. The zero-order valence-electron chi connectivity index (χ0n) is 19.5. The Hall–Kier alpha value is -3.83. The highest BCUT2D eigenvalue weighted by atomic mass is 16.5. The van der Waals surface area contributed by atoms with E-state index in [9.17, 15) is 4.79 Å². The predicted octanol–water partition coefficient (Wildman–Crippen LogP) is 5.45. The number of ether oxygens (including phenoxy) is 1. The number of fused-ring (bicyclic) bond motifs is 2. The van der Waals surface area contributed by atoms with Crippen LogP contribution in [0.3, 0.4) is 0 Å². The van der Waals surface area contributed by atoms with E-state index in [2.05, 4.69) is 71.0 Å². The average Bonchev–Trinajstić information content (AvgIpc) is 2.90. The first kappa shape index (κ1) is 22.0. The minimum atomic E-state index is -0.0848. The highest BCUT2D eigenvalue weighted by molar-refractivity contribution is 5.94. The summed E-state index contributed by atoms with van der Waals surface area (Å²) in [5.41, 5.74) is 4.01. The van der Waals surface area contributed by atoms with Gasteiger partial charge in [0.1, 0.15) is 11.9 Å². The van der Waals surface area contributed by atoms with E-state index in [4.69, 9.17) is 4.74 Å². The van der Waals surface area contributed by atoms with Crippen LogP contribution in [0.2, 0.25) is 0 Å². The third-order valence-corrected chi connectivity index (χ3v) is 6.45. The van der Waals surface area contributed by atoms with Crippen LogP contribution < -0.4 is 20.3 Å². The summed E-state index contributed by atoms with van der Waals surface area (Å²) in [5, 5.41) is 8.89. The SMILES string of the molecule is CNC(=O)c1ccc(N2CC(CN[C@H](C)c3cccc4ccccc34)Oc3ccccc32)cc1. The van der Waals surface area contributed by atoms with Gasteiger partial charge in [0.15, 0.2) is 0 Å². The number of anilines is 2. The molecule has 1 amide bonds. The van der Waals surface area contributed by atoms with Crippen LogP contribution in [-0.4, -0.2) is 32.1 Å². The molecule has 2 atom stereocenters. The quantitative estimate of drug-likeness (QED) is 0.409. The molecular formula is C29H29N3O2. The summed E-state index contributed by atoms with van der Waals surface area (Å²) in [7, 11) is 1.64. The normalized spacial score (nSPS) is 15.9. The van der Waals surface area contributed by atoms with Crippen LogP contribution in [-0.2, 0) is 0 Å². The van der Waals surface area contributed by atoms with E-state index in [1.165, 1.54) is 16.3 Å². The molecule has 1 heterocycles. The van der Waals surface area contributed by atoms with Crippen molar-refractivity contribution in [2.75, 3.05) is 25.0 Å². The molecule has 0 aromatic heterocycles. The summed E-state index contributed by atoms with van der Waals surface area (Å²) >= 11 is 0. The van der Waals surface area contributed by atoms with Crippen LogP contribution in [0.15, 0.2) is 91.0 Å². The number of nitrogens with zero attached hydrogens (tertiary/aromatic N) is 1. The van der Waals surface area contributed by atoms with Crippen molar-refractivity contribution >= 4 is 28.1 Å². The summed E-state index contributed by atoms with van der Waals surface area (Å²) in [6, 6.07) is 31.0. The van der Waals surface area contributed by atoms with Crippen molar-refractivity contribution in [3.8, 4) is 5.75 Å². The lowest BCUT2D eigenvalue weighted by Gasteiger charge is -2.37. The van der Waals surface area contributed by atoms with E-state index < -0.39 is 0 Å². The molecule has 0 saturated carbocycles. The van der Waals surface area contributed by atoms with Crippen molar-refractivity contribution in [1.82, 2.24) is 10.6 Å². The van der Waals surface area contributed by atoms with Crippen molar-refractivity contribution in [1.29, 1.82) is 0 Å². The highest BCUT2D eigenvalue weighted by Gasteiger charge is 2.27. The van der Waals surface area contributed by atoms with E-state index in [0.717, 1.165) is 17.1 Å². The van der Waals surface area contributed by atoms with Crippen LogP contribution >= 0.6 is 0 Å². The Morgan fingerprint density at radius 2 is 1.71 bits per heavy atom. The molecule has 1 aliphatic heterocycles. The van der Waals surface area contributed by atoms with E-state index in [0.29, 0.717) is 18.7 Å². The number of nitrogens with one attached hydrogen (secondary N) is 2. The summed E-state index contributed by atoms with van der Waals surface area (Å²) in [5.74, 6) is 0.784. The lowest BCUT2D eigenvalue weighted by atomic mass is 9.99. The Bertz CT molecular complexity index is 1300. The molecule has 0 saturated heterocycles. The number of carbonyl (C=O) groups is 1. The second-order valence-electron chi connectivity index (χ2n) is 8.64. The van der Waals surface area contributed by atoms with Crippen LogP contribution in [0.25, 0.3) is 10.8 Å². The molecule has 2 N–H and O–H groups in total. The van der Waals surface area contributed by atoms with Gasteiger partial charge < -0.3 is 20.3 Å². The van der Waals surface area contributed by atoms with Crippen molar-refractivity contribution < 1.29 is 9.53 Å². The fourth-order valence-corrected chi connectivity index (χ4v) is 4.63. The first-order valence-electron chi connectivity index (χ1n) is 11.7. The molecule has 4 aromatic carbocycles. The number of hydrogen-bond acceptors (Lipinski definition) is 4. The Labute approximate surface area is 200 Å². The van der Waals surface area contributed by atoms with Gasteiger partial charge >= 0.3 is 0 Å². The molecule has 5 heteroatoms. The van der Waals surface area contributed by atoms with Crippen molar-refractivity contribution in [3.63, 3.8) is 0 Å². The average molecular weight is 452 g/mol. The summed E-state index contributed by atoms with van der Waals surface area (Å²) in [4.78, 5) is 14.2. The zero-order valence-corrected chi connectivity index (χ0v) is 19.5. The van der Waals surface area contributed by atoms with Crippen LogP contribution in [0.4, 0.5) is 11.4 Å². The van der Waals surface area contributed by atoms with E-state index in [1.54, 1.807) is 7.05 Å². The number of carbonyl (C=O) groups excluding carboxylic acids is 1. The largest absolute Gasteiger partial charge is 0.485 e. The van der Waals surface area contributed by atoms with Gasteiger partial charge in [-0.15, -0.1) is 0 Å².